The van der Waals surface area contributed by atoms with Gasteiger partial charge in [0.25, 0.3) is 0 Å². The molecule has 1 N–H and O–H groups in total. The van der Waals surface area contributed by atoms with Crippen LogP contribution in [0.3, 0.4) is 0 Å². The van der Waals surface area contributed by atoms with E-state index < -0.39 is 0 Å². The molecule has 0 spiro atoms. The molecule has 0 heterocycles. The summed E-state index contributed by atoms with van der Waals surface area (Å²) in [5.41, 5.74) is 0.953. The summed E-state index contributed by atoms with van der Waals surface area (Å²) in [6.07, 6.45) is 0.178. The van der Waals surface area contributed by atoms with E-state index in [1.54, 1.807) is 0 Å². The van der Waals surface area contributed by atoms with Gasteiger partial charge < -0.3 is 10.1 Å². The molecule has 0 bridgehead atoms. The van der Waals surface area contributed by atoms with Gasteiger partial charge >= 0.3 is 0 Å². The Bertz CT molecular complexity index is 374. The molecule has 0 unspecified atom stereocenters. The second-order valence-corrected chi connectivity index (χ2v) is 3.74. The Morgan fingerprint density at radius 1 is 1.31 bits per heavy atom. The lowest BCUT2D eigenvalue weighted by Crippen LogP contribution is -2.12. The number of ether oxygens (including phenoxy) is 1. The molecule has 0 aliphatic heterocycles. The van der Waals surface area contributed by atoms with Crippen LogP contribution in [0.15, 0.2) is 24.3 Å². The molecule has 16 heavy (non-hydrogen) atoms. The van der Waals surface area contributed by atoms with Gasteiger partial charge in [0.1, 0.15) is 5.75 Å². The number of hydrogen-bond donors (Lipinski definition) is 1. The lowest BCUT2D eigenvalue weighted by Gasteiger charge is -2.10. The van der Waals surface area contributed by atoms with Gasteiger partial charge in [-0.15, -0.1) is 0 Å². The molecule has 2 heteroatoms. The van der Waals surface area contributed by atoms with E-state index >= 15 is 0 Å². The van der Waals surface area contributed by atoms with Gasteiger partial charge in [0.15, 0.2) is 0 Å². The van der Waals surface area contributed by atoms with Crippen LogP contribution < -0.4 is 10.1 Å². The lowest BCUT2D eigenvalue weighted by molar-refractivity contribution is 0.242. The molecule has 0 aliphatic carbocycles. The van der Waals surface area contributed by atoms with Crippen LogP contribution in [-0.2, 0) is 0 Å². The Balaban J connectivity index is 2.73. The minimum atomic E-state index is 0.178. The summed E-state index contributed by atoms with van der Waals surface area (Å²) < 4.78 is 5.68. The zero-order valence-electron chi connectivity index (χ0n) is 10.2. The van der Waals surface area contributed by atoms with E-state index in [9.17, 15) is 0 Å². The average Bonchev–Trinajstić information content (AvgIpc) is 2.26. The van der Waals surface area contributed by atoms with Gasteiger partial charge in [0, 0.05) is 0 Å². The maximum Gasteiger partial charge on any atom is 0.135 e. The Hall–Kier alpha value is -1.46. The summed E-state index contributed by atoms with van der Waals surface area (Å²) in [4.78, 5) is 0. The van der Waals surface area contributed by atoms with Crippen molar-refractivity contribution in [2.75, 3.05) is 13.1 Å². The fraction of sp³-hybridized carbons (Fsp3) is 0.429. The number of nitrogens with one attached hydrogen (secondary N) is 1. The van der Waals surface area contributed by atoms with Crippen molar-refractivity contribution < 1.29 is 4.74 Å². The van der Waals surface area contributed by atoms with Gasteiger partial charge in [-0.05, 0) is 32.5 Å². The molecule has 0 amide bonds. The van der Waals surface area contributed by atoms with E-state index in [4.69, 9.17) is 4.74 Å². The predicted octanol–water partition coefficient (Wildman–Crippen LogP) is 2.43. The number of para-hydroxylation sites is 1. The Labute approximate surface area is 98.0 Å². The standard InChI is InChI=1S/C14H19NO/c1-4-15-11-7-9-13-8-5-6-10-14(13)16-12(2)3/h5-6,8,10,12,15H,4,11H2,1-3H3. The summed E-state index contributed by atoms with van der Waals surface area (Å²) in [6.45, 7) is 7.76. The summed E-state index contributed by atoms with van der Waals surface area (Å²) >= 11 is 0. The van der Waals surface area contributed by atoms with Crippen LogP contribution in [-0.4, -0.2) is 19.2 Å². The lowest BCUT2D eigenvalue weighted by atomic mass is 10.2. The van der Waals surface area contributed by atoms with Gasteiger partial charge in [-0.2, -0.15) is 0 Å². The fourth-order valence-electron chi connectivity index (χ4n) is 1.25. The monoisotopic (exact) mass is 217 g/mol. The zero-order valence-corrected chi connectivity index (χ0v) is 10.2. The molecule has 0 radical (unpaired) electrons. The van der Waals surface area contributed by atoms with Crippen LogP contribution in [0.1, 0.15) is 26.3 Å². The van der Waals surface area contributed by atoms with Crippen LogP contribution in [0, 0.1) is 11.8 Å². The Morgan fingerprint density at radius 3 is 2.75 bits per heavy atom. The Kier molecular flexibility index (Phi) is 5.45. The first-order valence-electron chi connectivity index (χ1n) is 5.69. The van der Waals surface area contributed by atoms with Crippen LogP contribution in [0.4, 0.5) is 0 Å². The molecule has 0 atom stereocenters. The smallest absolute Gasteiger partial charge is 0.135 e. The summed E-state index contributed by atoms with van der Waals surface area (Å²) in [5.74, 6) is 7.05. The third-order valence-electron chi connectivity index (χ3n) is 1.94. The molecule has 86 valence electrons. The van der Waals surface area contributed by atoms with E-state index in [1.807, 2.05) is 38.1 Å². The van der Waals surface area contributed by atoms with Crippen molar-refractivity contribution in [1.29, 1.82) is 0 Å². The zero-order chi connectivity index (χ0) is 11.8. The highest BCUT2D eigenvalue weighted by atomic mass is 16.5. The van der Waals surface area contributed by atoms with E-state index in [-0.39, 0.29) is 6.10 Å². The van der Waals surface area contributed by atoms with Crippen molar-refractivity contribution >= 4 is 0 Å². The second kappa shape index (κ2) is 6.92. The molecule has 2 nitrogen and oxygen atoms in total. The molecular weight excluding hydrogens is 198 g/mol. The van der Waals surface area contributed by atoms with E-state index in [1.165, 1.54) is 0 Å². The third kappa shape index (κ3) is 4.37. The van der Waals surface area contributed by atoms with E-state index in [0.717, 1.165) is 17.9 Å². The van der Waals surface area contributed by atoms with Gasteiger partial charge in [0.05, 0.1) is 18.2 Å². The summed E-state index contributed by atoms with van der Waals surface area (Å²) in [7, 11) is 0. The number of rotatable bonds is 4. The topological polar surface area (TPSA) is 21.3 Å². The SMILES string of the molecule is CCNCC#Cc1ccccc1OC(C)C. The van der Waals surface area contributed by atoms with E-state index in [0.29, 0.717) is 6.54 Å². The van der Waals surface area contributed by atoms with Crippen molar-refractivity contribution in [3.05, 3.63) is 29.8 Å². The molecule has 0 saturated heterocycles. The largest absolute Gasteiger partial charge is 0.490 e. The second-order valence-electron chi connectivity index (χ2n) is 3.74. The molecule has 0 aromatic heterocycles. The van der Waals surface area contributed by atoms with Crippen LogP contribution in [0.25, 0.3) is 0 Å². The van der Waals surface area contributed by atoms with Crippen LogP contribution in [0.5, 0.6) is 5.75 Å². The van der Waals surface area contributed by atoms with Crippen molar-refractivity contribution in [1.82, 2.24) is 5.32 Å². The number of hydrogen-bond acceptors (Lipinski definition) is 2. The Morgan fingerprint density at radius 2 is 2.06 bits per heavy atom. The van der Waals surface area contributed by atoms with Crippen molar-refractivity contribution in [3.63, 3.8) is 0 Å². The molecule has 1 rings (SSSR count). The first-order valence-corrected chi connectivity index (χ1v) is 5.69. The van der Waals surface area contributed by atoms with Crippen molar-refractivity contribution in [2.45, 2.75) is 26.9 Å². The summed E-state index contributed by atoms with van der Waals surface area (Å²) in [5, 5.41) is 3.16. The number of benzene rings is 1. The molecule has 0 saturated carbocycles. The minimum absolute atomic E-state index is 0.178. The molecule has 1 aromatic carbocycles. The van der Waals surface area contributed by atoms with Crippen LogP contribution >= 0.6 is 0 Å². The highest BCUT2D eigenvalue weighted by molar-refractivity contribution is 5.46. The maximum absolute atomic E-state index is 5.68. The van der Waals surface area contributed by atoms with Gasteiger partial charge in [-0.25, -0.2) is 0 Å². The quantitative estimate of drug-likeness (QED) is 0.618. The van der Waals surface area contributed by atoms with Crippen molar-refractivity contribution in [3.8, 4) is 17.6 Å². The first-order chi connectivity index (χ1) is 7.74. The fourth-order valence-corrected chi connectivity index (χ4v) is 1.25. The highest BCUT2D eigenvalue weighted by Crippen LogP contribution is 2.17. The molecule has 1 aromatic rings. The normalized spacial score (nSPS) is 9.75. The van der Waals surface area contributed by atoms with E-state index in [2.05, 4.69) is 24.1 Å². The molecule has 0 fully saturated rings. The van der Waals surface area contributed by atoms with Crippen molar-refractivity contribution in [2.24, 2.45) is 0 Å². The molecule has 0 aliphatic rings. The van der Waals surface area contributed by atoms with Gasteiger partial charge in [-0.1, -0.05) is 30.9 Å². The van der Waals surface area contributed by atoms with Crippen LogP contribution in [0.2, 0.25) is 0 Å². The minimum Gasteiger partial charge on any atom is -0.490 e. The average molecular weight is 217 g/mol. The maximum atomic E-state index is 5.68. The first kappa shape index (κ1) is 12.6. The summed E-state index contributed by atoms with van der Waals surface area (Å²) in [6, 6.07) is 7.88. The predicted molar refractivity (Wildman–Crippen MR) is 67.6 cm³/mol. The third-order valence-corrected chi connectivity index (χ3v) is 1.94. The van der Waals surface area contributed by atoms with Gasteiger partial charge in [0.2, 0.25) is 0 Å². The van der Waals surface area contributed by atoms with Gasteiger partial charge in [-0.3, -0.25) is 0 Å². The molecular formula is C14H19NO. The highest BCUT2D eigenvalue weighted by Gasteiger charge is 2.01.